The Morgan fingerprint density at radius 2 is 2.07 bits per heavy atom. The molecule has 0 aliphatic rings. The van der Waals surface area contributed by atoms with E-state index in [9.17, 15) is 0 Å². The van der Waals surface area contributed by atoms with Crippen LogP contribution in [0.3, 0.4) is 0 Å². The summed E-state index contributed by atoms with van der Waals surface area (Å²) in [5, 5.41) is 3.45. The maximum Gasteiger partial charge on any atom is 0.0667 e. The van der Waals surface area contributed by atoms with E-state index in [1.165, 1.54) is 11.1 Å². The largest absolute Gasteiger partial charge is 0.380 e. The molecule has 1 rings (SSSR count). The summed E-state index contributed by atoms with van der Waals surface area (Å²) in [6, 6.07) is 8.97. The highest BCUT2D eigenvalue weighted by Crippen LogP contribution is 2.13. The Hall–Kier alpha value is -0.860. The Morgan fingerprint density at radius 1 is 1.33 bits per heavy atom. The third kappa shape index (κ3) is 4.02. The quantitative estimate of drug-likeness (QED) is 0.801. The zero-order valence-electron chi connectivity index (χ0n) is 10.1. The average Bonchev–Trinajstić information content (AvgIpc) is 2.25. The number of hydrogen-bond acceptors (Lipinski definition) is 2. The standard InChI is InChI=1S/C13H21NO/c1-10-6-5-7-13(8-10)12(3)14-9-11(2)15-4/h5-8,11-12,14H,9H2,1-4H3. The van der Waals surface area contributed by atoms with Gasteiger partial charge in [-0.25, -0.2) is 0 Å². The van der Waals surface area contributed by atoms with Crippen LogP contribution in [0.2, 0.25) is 0 Å². The van der Waals surface area contributed by atoms with Crippen LogP contribution in [0.1, 0.15) is 31.0 Å². The van der Waals surface area contributed by atoms with E-state index >= 15 is 0 Å². The maximum absolute atomic E-state index is 5.20. The summed E-state index contributed by atoms with van der Waals surface area (Å²) in [5.74, 6) is 0. The van der Waals surface area contributed by atoms with E-state index in [4.69, 9.17) is 4.74 Å². The average molecular weight is 207 g/mol. The fraction of sp³-hybridized carbons (Fsp3) is 0.538. The zero-order valence-corrected chi connectivity index (χ0v) is 10.1. The van der Waals surface area contributed by atoms with Gasteiger partial charge in [0, 0.05) is 19.7 Å². The molecule has 0 saturated heterocycles. The van der Waals surface area contributed by atoms with E-state index in [2.05, 4.69) is 50.4 Å². The van der Waals surface area contributed by atoms with Gasteiger partial charge in [0.25, 0.3) is 0 Å². The first-order chi connectivity index (χ1) is 7.13. The third-order valence-electron chi connectivity index (χ3n) is 2.66. The summed E-state index contributed by atoms with van der Waals surface area (Å²) in [6.07, 6.45) is 0.261. The normalized spacial score (nSPS) is 14.9. The van der Waals surface area contributed by atoms with Crippen molar-refractivity contribution in [1.29, 1.82) is 0 Å². The molecule has 0 aromatic heterocycles. The monoisotopic (exact) mass is 207 g/mol. The van der Waals surface area contributed by atoms with Crippen molar-refractivity contribution >= 4 is 0 Å². The van der Waals surface area contributed by atoms with Gasteiger partial charge in [0.15, 0.2) is 0 Å². The number of benzene rings is 1. The summed E-state index contributed by atoms with van der Waals surface area (Å²) in [6.45, 7) is 7.24. The molecule has 1 aromatic rings. The highest BCUT2D eigenvalue weighted by molar-refractivity contribution is 5.24. The van der Waals surface area contributed by atoms with Crippen LogP contribution in [0.5, 0.6) is 0 Å². The second-order valence-corrected chi connectivity index (χ2v) is 4.09. The topological polar surface area (TPSA) is 21.3 Å². The van der Waals surface area contributed by atoms with E-state index in [0.717, 1.165) is 6.54 Å². The Morgan fingerprint density at radius 3 is 2.67 bits per heavy atom. The van der Waals surface area contributed by atoms with Crippen molar-refractivity contribution in [3.8, 4) is 0 Å². The lowest BCUT2D eigenvalue weighted by Gasteiger charge is -2.17. The molecule has 0 bridgehead atoms. The molecule has 2 heteroatoms. The van der Waals surface area contributed by atoms with Gasteiger partial charge in [-0.1, -0.05) is 29.8 Å². The molecular weight excluding hydrogens is 186 g/mol. The second-order valence-electron chi connectivity index (χ2n) is 4.09. The molecule has 0 saturated carbocycles. The molecule has 1 N–H and O–H groups in total. The number of ether oxygens (including phenoxy) is 1. The van der Waals surface area contributed by atoms with Crippen molar-refractivity contribution in [3.05, 3.63) is 35.4 Å². The van der Waals surface area contributed by atoms with Crippen molar-refractivity contribution < 1.29 is 4.74 Å². The lowest BCUT2D eigenvalue weighted by atomic mass is 10.1. The summed E-state index contributed by atoms with van der Waals surface area (Å²) in [7, 11) is 1.74. The highest BCUT2D eigenvalue weighted by Gasteiger charge is 2.06. The molecule has 0 spiro atoms. The number of methoxy groups -OCH3 is 1. The van der Waals surface area contributed by atoms with Gasteiger partial charge in [-0.3, -0.25) is 0 Å². The minimum atomic E-state index is 0.261. The van der Waals surface area contributed by atoms with Crippen molar-refractivity contribution in [2.24, 2.45) is 0 Å². The van der Waals surface area contributed by atoms with E-state index in [1.807, 2.05) is 0 Å². The molecule has 84 valence electrons. The molecule has 2 unspecified atom stereocenters. The van der Waals surface area contributed by atoms with Crippen LogP contribution >= 0.6 is 0 Å². The van der Waals surface area contributed by atoms with Crippen LogP contribution < -0.4 is 5.32 Å². The van der Waals surface area contributed by atoms with E-state index in [-0.39, 0.29) is 6.10 Å². The highest BCUT2D eigenvalue weighted by atomic mass is 16.5. The Bertz CT molecular complexity index is 298. The van der Waals surface area contributed by atoms with Gasteiger partial charge in [-0.05, 0) is 26.3 Å². The number of rotatable bonds is 5. The third-order valence-corrected chi connectivity index (χ3v) is 2.66. The SMILES string of the molecule is COC(C)CNC(C)c1cccc(C)c1. The molecule has 0 radical (unpaired) electrons. The van der Waals surface area contributed by atoms with Gasteiger partial charge in [-0.15, -0.1) is 0 Å². The molecule has 0 fully saturated rings. The first kappa shape index (κ1) is 12.2. The van der Waals surface area contributed by atoms with Crippen molar-refractivity contribution in [1.82, 2.24) is 5.32 Å². The van der Waals surface area contributed by atoms with E-state index in [1.54, 1.807) is 7.11 Å². The smallest absolute Gasteiger partial charge is 0.0667 e. The zero-order chi connectivity index (χ0) is 11.3. The van der Waals surface area contributed by atoms with Crippen LogP contribution in [0, 0.1) is 6.92 Å². The Kier molecular flexibility index (Phi) is 4.79. The Labute approximate surface area is 92.6 Å². The summed E-state index contributed by atoms with van der Waals surface area (Å²) in [5.41, 5.74) is 2.64. The van der Waals surface area contributed by atoms with Crippen LogP contribution in [0.15, 0.2) is 24.3 Å². The lowest BCUT2D eigenvalue weighted by molar-refractivity contribution is 0.115. The van der Waals surface area contributed by atoms with Crippen LogP contribution in [-0.4, -0.2) is 19.8 Å². The first-order valence-corrected chi connectivity index (χ1v) is 5.46. The molecule has 0 aliphatic heterocycles. The number of aryl methyl sites for hydroxylation is 1. The van der Waals surface area contributed by atoms with Crippen LogP contribution in [0.4, 0.5) is 0 Å². The van der Waals surface area contributed by atoms with E-state index in [0.29, 0.717) is 6.04 Å². The summed E-state index contributed by atoms with van der Waals surface area (Å²) >= 11 is 0. The van der Waals surface area contributed by atoms with Gasteiger partial charge in [0.2, 0.25) is 0 Å². The van der Waals surface area contributed by atoms with Gasteiger partial charge < -0.3 is 10.1 Å². The van der Waals surface area contributed by atoms with Crippen LogP contribution in [-0.2, 0) is 4.74 Å². The number of nitrogens with one attached hydrogen (secondary N) is 1. The minimum Gasteiger partial charge on any atom is -0.380 e. The van der Waals surface area contributed by atoms with Crippen molar-refractivity contribution in [3.63, 3.8) is 0 Å². The maximum atomic E-state index is 5.20. The molecule has 1 aromatic carbocycles. The predicted octanol–water partition coefficient (Wildman–Crippen LogP) is 2.68. The fourth-order valence-corrected chi connectivity index (χ4v) is 1.48. The molecule has 2 nitrogen and oxygen atoms in total. The van der Waals surface area contributed by atoms with E-state index < -0.39 is 0 Å². The summed E-state index contributed by atoms with van der Waals surface area (Å²) < 4.78 is 5.20. The van der Waals surface area contributed by atoms with Crippen molar-refractivity contribution in [2.75, 3.05) is 13.7 Å². The molecule has 2 atom stereocenters. The fourth-order valence-electron chi connectivity index (χ4n) is 1.48. The molecule has 15 heavy (non-hydrogen) atoms. The molecule has 0 amide bonds. The molecule has 0 heterocycles. The first-order valence-electron chi connectivity index (χ1n) is 5.46. The van der Waals surface area contributed by atoms with Gasteiger partial charge in [0.05, 0.1) is 6.10 Å². The molecule has 0 aliphatic carbocycles. The Balaban J connectivity index is 2.50. The van der Waals surface area contributed by atoms with Gasteiger partial charge in [0.1, 0.15) is 0 Å². The summed E-state index contributed by atoms with van der Waals surface area (Å²) in [4.78, 5) is 0. The van der Waals surface area contributed by atoms with Gasteiger partial charge >= 0.3 is 0 Å². The number of hydrogen-bond donors (Lipinski definition) is 1. The second kappa shape index (κ2) is 5.89. The van der Waals surface area contributed by atoms with Gasteiger partial charge in [-0.2, -0.15) is 0 Å². The van der Waals surface area contributed by atoms with Crippen molar-refractivity contribution in [2.45, 2.75) is 32.9 Å². The lowest BCUT2D eigenvalue weighted by Crippen LogP contribution is -2.28. The predicted molar refractivity (Wildman–Crippen MR) is 64.1 cm³/mol. The minimum absolute atomic E-state index is 0.261. The molecular formula is C13H21NO. The van der Waals surface area contributed by atoms with Crippen LogP contribution in [0.25, 0.3) is 0 Å².